The fourth-order valence-corrected chi connectivity index (χ4v) is 3.24. The summed E-state index contributed by atoms with van der Waals surface area (Å²) in [5, 5.41) is 12.7. The van der Waals surface area contributed by atoms with Gasteiger partial charge >= 0.3 is 0 Å². The average molecular weight is 281 g/mol. The van der Waals surface area contributed by atoms with Gasteiger partial charge < -0.3 is 10.4 Å². The van der Waals surface area contributed by atoms with E-state index in [0.29, 0.717) is 0 Å². The molecule has 1 unspecified atom stereocenters. The van der Waals surface area contributed by atoms with Crippen LogP contribution in [-0.4, -0.2) is 39.7 Å². The zero-order chi connectivity index (χ0) is 13.7. The monoisotopic (exact) mass is 281 g/mol. The van der Waals surface area contributed by atoms with Gasteiger partial charge in [-0.1, -0.05) is 0 Å². The number of aromatic nitrogens is 2. The quantitative estimate of drug-likeness (QED) is 0.837. The zero-order valence-electron chi connectivity index (χ0n) is 11.8. The average Bonchev–Trinajstić information content (AvgIpc) is 2.39. The molecule has 1 aliphatic carbocycles. The van der Waals surface area contributed by atoms with Crippen LogP contribution < -0.4 is 5.32 Å². The maximum absolute atomic E-state index is 9.15. The third kappa shape index (κ3) is 3.83. The highest BCUT2D eigenvalue weighted by molar-refractivity contribution is 7.98. The predicted octanol–water partition coefficient (Wildman–Crippen LogP) is 2.19. The Balaban J connectivity index is 2.20. The van der Waals surface area contributed by atoms with Crippen molar-refractivity contribution in [3.05, 3.63) is 17.1 Å². The minimum atomic E-state index is 0.213. The number of rotatable bonds is 6. The summed E-state index contributed by atoms with van der Waals surface area (Å²) in [4.78, 5) is 9.15. The molecule has 0 aliphatic heterocycles. The molecular weight excluding hydrogens is 258 g/mol. The Morgan fingerprint density at radius 2 is 2.11 bits per heavy atom. The third-order valence-corrected chi connectivity index (χ3v) is 4.22. The van der Waals surface area contributed by atoms with Crippen molar-refractivity contribution in [2.24, 2.45) is 0 Å². The maximum Gasteiger partial charge on any atom is 0.133 e. The minimum Gasteiger partial charge on any atom is -0.396 e. The number of anilines is 1. The molecule has 0 amide bonds. The van der Waals surface area contributed by atoms with E-state index in [1.807, 2.05) is 6.92 Å². The van der Waals surface area contributed by atoms with E-state index in [0.717, 1.165) is 36.7 Å². The number of aryl methyl sites for hydroxylation is 2. The van der Waals surface area contributed by atoms with Crippen LogP contribution in [0.1, 0.15) is 36.3 Å². The van der Waals surface area contributed by atoms with Gasteiger partial charge in [-0.05, 0) is 45.3 Å². The van der Waals surface area contributed by atoms with Crippen LogP contribution in [0.2, 0.25) is 0 Å². The SMILES string of the molecule is CSCC(CCO)Nc1nc(C)nc2c1CCCC2. The predicted molar refractivity (Wildman–Crippen MR) is 80.9 cm³/mol. The van der Waals surface area contributed by atoms with Gasteiger partial charge in [0.15, 0.2) is 0 Å². The van der Waals surface area contributed by atoms with Crippen molar-refractivity contribution in [2.75, 3.05) is 23.9 Å². The fraction of sp³-hybridized carbons (Fsp3) is 0.714. The Morgan fingerprint density at radius 1 is 1.32 bits per heavy atom. The first-order valence-electron chi connectivity index (χ1n) is 6.97. The summed E-state index contributed by atoms with van der Waals surface area (Å²) in [6, 6.07) is 0.278. The van der Waals surface area contributed by atoms with Gasteiger partial charge in [-0.2, -0.15) is 11.8 Å². The van der Waals surface area contributed by atoms with Gasteiger partial charge in [0.1, 0.15) is 11.6 Å². The molecule has 2 N–H and O–H groups in total. The number of aliphatic hydroxyl groups is 1. The number of aliphatic hydroxyl groups excluding tert-OH is 1. The summed E-state index contributed by atoms with van der Waals surface area (Å²) in [5.74, 6) is 2.82. The van der Waals surface area contributed by atoms with Crippen LogP contribution in [0.25, 0.3) is 0 Å². The Bertz CT molecular complexity index is 419. The fourth-order valence-electron chi connectivity index (χ4n) is 2.58. The molecule has 0 saturated carbocycles. The second kappa shape index (κ2) is 7.10. The van der Waals surface area contributed by atoms with Crippen molar-refractivity contribution in [1.82, 2.24) is 9.97 Å². The van der Waals surface area contributed by atoms with Gasteiger partial charge in [0.2, 0.25) is 0 Å². The third-order valence-electron chi connectivity index (χ3n) is 3.48. The molecule has 5 heteroatoms. The molecule has 0 radical (unpaired) electrons. The van der Waals surface area contributed by atoms with Crippen LogP contribution in [0, 0.1) is 6.92 Å². The smallest absolute Gasteiger partial charge is 0.133 e. The van der Waals surface area contributed by atoms with Gasteiger partial charge in [-0.3, -0.25) is 0 Å². The molecule has 0 spiro atoms. The lowest BCUT2D eigenvalue weighted by Gasteiger charge is -2.23. The molecule has 0 fully saturated rings. The topological polar surface area (TPSA) is 58.0 Å². The second-order valence-corrected chi connectivity index (χ2v) is 5.97. The number of thioether (sulfide) groups is 1. The highest BCUT2D eigenvalue weighted by atomic mass is 32.2. The molecule has 106 valence electrons. The second-order valence-electron chi connectivity index (χ2n) is 5.06. The number of fused-ring (bicyclic) bond motifs is 1. The van der Waals surface area contributed by atoms with Crippen LogP contribution >= 0.6 is 11.8 Å². The molecule has 2 rings (SSSR count). The van der Waals surface area contributed by atoms with Crippen LogP contribution in [0.5, 0.6) is 0 Å². The van der Waals surface area contributed by atoms with Crippen molar-refractivity contribution < 1.29 is 5.11 Å². The summed E-state index contributed by atoms with van der Waals surface area (Å²) in [6.07, 6.45) is 7.45. The van der Waals surface area contributed by atoms with E-state index in [2.05, 4.69) is 21.5 Å². The van der Waals surface area contributed by atoms with Gasteiger partial charge in [0.25, 0.3) is 0 Å². The van der Waals surface area contributed by atoms with Crippen molar-refractivity contribution in [2.45, 2.75) is 45.1 Å². The highest BCUT2D eigenvalue weighted by Crippen LogP contribution is 2.26. The van der Waals surface area contributed by atoms with Crippen LogP contribution in [-0.2, 0) is 12.8 Å². The standard InChI is InChI=1S/C14H23N3OS/c1-10-15-13-6-4-3-5-12(13)14(16-10)17-11(7-8-18)9-19-2/h11,18H,3-9H2,1-2H3,(H,15,16,17). The van der Waals surface area contributed by atoms with Crippen LogP contribution in [0.3, 0.4) is 0 Å². The van der Waals surface area contributed by atoms with E-state index in [9.17, 15) is 0 Å². The molecule has 1 atom stereocenters. The summed E-state index contributed by atoms with van der Waals surface area (Å²) < 4.78 is 0. The molecule has 1 aromatic heterocycles. The van der Waals surface area contributed by atoms with Crippen molar-refractivity contribution in [1.29, 1.82) is 0 Å². The van der Waals surface area contributed by atoms with E-state index in [-0.39, 0.29) is 12.6 Å². The van der Waals surface area contributed by atoms with Crippen molar-refractivity contribution in [3.63, 3.8) is 0 Å². The molecule has 4 nitrogen and oxygen atoms in total. The van der Waals surface area contributed by atoms with E-state index in [4.69, 9.17) is 5.11 Å². The maximum atomic E-state index is 9.15. The van der Waals surface area contributed by atoms with Crippen LogP contribution in [0.4, 0.5) is 5.82 Å². The summed E-state index contributed by atoms with van der Waals surface area (Å²) in [7, 11) is 0. The summed E-state index contributed by atoms with van der Waals surface area (Å²) in [6.45, 7) is 2.17. The van der Waals surface area contributed by atoms with Gasteiger partial charge in [0.05, 0.1) is 0 Å². The van der Waals surface area contributed by atoms with Crippen molar-refractivity contribution in [3.8, 4) is 0 Å². The van der Waals surface area contributed by atoms with Gasteiger partial charge in [-0.15, -0.1) is 0 Å². The Labute approximate surface area is 119 Å². The molecule has 0 aromatic carbocycles. The number of nitrogens with one attached hydrogen (secondary N) is 1. The number of nitrogens with zero attached hydrogens (tertiary/aromatic N) is 2. The first-order valence-corrected chi connectivity index (χ1v) is 8.36. The lowest BCUT2D eigenvalue weighted by atomic mass is 9.96. The summed E-state index contributed by atoms with van der Waals surface area (Å²) in [5.41, 5.74) is 2.51. The van der Waals surface area contributed by atoms with E-state index in [1.54, 1.807) is 11.8 Å². The van der Waals surface area contributed by atoms with E-state index < -0.39 is 0 Å². The number of hydrogen-bond donors (Lipinski definition) is 2. The first-order chi connectivity index (χ1) is 9.24. The van der Waals surface area contributed by atoms with Crippen LogP contribution in [0.15, 0.2) is 0 Å². The molecule has 1 heterocycles. The Hall–Kier alpha value is -0.810. The highest BCUT2D eigenvalue weighted by Gasteiger charge is 2.18. The first kappa shape index (κ1) is 14.6. The van der Waals surface area contributed by atoms with E-state index in [1.165, 1.54) is 24.1 Å². The normalized spacial score (nSPS) is 15.9. The molecule has 0 bridgehead atoms. The molecule has 0 saturated heterocycles. The van der Waals surface area contributed by atoms with E-state index >= 15 is 0 Å². The molecular formula is C14H23N3OS. The zero-order valence-corrected chi connectivity index (χ0v) is 12.6. The van der Waals surface area contributed by atoms with Gasteiger partial charge in [0, 0.05) is 29.7 Å². The summed E-state index contributed by atoms with van der Waals surface area (Å²) >= 11 is 1.79. The minimum absolute atomic E-state index is 0.213. The molecule has 1 aliphatic rings. The largest absolute Gasteiger partial charge is 0.396 e. The number of hydrogen-bond acceptors (Lipinski definition) is 5. The Morgan fingerprint density at radius 3 is 2.84 bits per heavy atom. The van der Waals surface area contributed by atoms with Crippen molar-refractivity contribution >= 4 is 17.6 Å². The Kier molecular flexibility index (Phi) is 5.45. The lowest BCUT2D eigenvalue weighted by Crippen LogP contribution is -2.26. The lowest BCUT2D eigenvalue weighted by molar-refractivity contribution is 0.282. The molecule has 19 heavy (non-hydrogen) atoms. The van der Waals surface area contributed by atoms with Gasteiger partial charge in [-0.25, -0.2) is 9.97 Å². The molecule has 1 aromatic rings.